The molecule has 0 radical (unpaired) electrons. The average Bonchev–Trinajstić information content (AvgIpc) is 2.89. The van der Waals surface area contributed by atoms with Crippen LogP contribution in [-0.2, 0) is 19.5 Å². The van der Waals surface area contributed by atoms with Crippen LogP contribution in [0.4, 0.5) is 0 Å². The quantitative estimate of drug-likeness (QED) is 0.646. The molecule has 3 nitrogen and oxygen atoms in total. The molecule has 0 fully saturated rings. The molecule has 0 spiro atoms. The Balaban J connectivity index is 1.68. The van der Waals surface area contributed by atoms with E-state index in [-0.39, 0.29) is 0 Å². The Morgan fingerprint density at radius 2 is 2.08 bits per heavy atom. The van der Waals surface area contributed by atoms with E-state index in [9.17, 15) is 0 Å². The summed E-state index contributed by atoms with van der Waals surface area (Å²) in [7, 11) is 2.23. The third-order valence-electron chi connectivity index (χ3n) is 5.57. The lowest BCUT2D eigenvalue weighted by Crippen LogP contribution is -2.27. The summed E-state index contributed by atoms with van der Waals surface area (Å²) in [5, 5.41) is 1.92. The molecule has 5 rings (SSSR count). The van der Waals surface area contributed by atoms with Crippen molar-refractivity contribution in [1.29, 1.82) is 0 Å². The molecule has 128 valence electrons. The lowest BCUT2D eigenvalue weighted by atomic mass is 10.0. The predicted octanol–water partition coefficient (Wildman–Crippen LogP) is 4.49. The number of aryl methyl sites for hydroxylation is 2. The van der Waals surface area contributed by atoms with Crippen molar-refractivity contribution >= 4 is 22.7 Å². The summed E-state index contributed by atoms with van der Waals surface area (Å²) >= 11 is 2.01. The summed E-state index contributed by atoms with van der Waals surface area (Å²) in [6.45, 7) is 7.56. The van der Waals surface area contributed by atoms with Crippen molar-refractivity contribution in [3.05, 3.63) is 58.5 Å². The first-order valence-corrected chi connectivity index (χ1v) is 9.90. The van der Waals surface area contributed by atoms with Crippen molar-refractivity contribution in [2.45, 2.75) is 43.5 Å². The molecule has 4 heteroatoms. The minimum absolute atomic E-state index is 0.446. The van der Waals surface area contributed by atoms with E-state index in [1.54, 1.807) is 11.3 Å². The highest BCUT2D eigenvalue weighted by Gasteiger charge is 2.30. The van der Waals surface area contributed by atoms with E-state index < -0.39 is 0 Å². The molecular formula is C21H23N3S. The third kappa shape index (κ3) is 2.42. The normalized spacial score (nSPS) is 20.0. The van der Waals surface area contributed by atoms with Gasteiger partial charge in [-0.25, -0.2) is 0 Å². The molecule has 0 bridgehead atoms. The van der Waals surface area contributed by atoms with Crippen LogP contribution in [0.25, 0.3) is 10.9 Å². The van der Waals surface area contributed by atoms with Crippen LogP contribution in [-0.4, -0.2) is 28.0 Å². The van der Waals surface area contributed by atoms with Gasteiger partial charge in [-0.2, -0.15) is 0 Å². The summed E-state index contributed by atoms with van der Waals surface area (Å²) in [5.41, 5.74) is 8.37. The number of thioether (sulfide) groups is 1. The van der Waals surface area contributed by atoms with Crippen LogP contribution in [0.1, 0.15) is 33.3 Å². The minimum Gasteiger partial charge on any atom is -0.342 e. The van der Waals surface area contributed by atoms with Crippen LogP contribution in [0.2, 0.25) is 0 Å². The summed E-state index contributed by atoms with van der Waals surface area (Å²) < 4.78 is 2.62. The number of likely N-dealkylation sites (N-methyl/N-ethyl adjacent to an activating group) is 1. The van der Waals surface area contributed by atoms with Gasteiger partial charge in [0, 0.05) is 53.9 Å². The van der Waals surface area contributed by atoms with Crippen LogP contribution >= 0.6 is 11.8 Å². The third-order valence-corrected chi connectivity index (χ3v) is 6.84. The van der Waals surface area contributed by atoms with Gasteiger partial charge in [-0.05, 0) is 55.8 Å². The summed E-state index contributed by atoms with van der Waals surface area (Å²) in [6, 6.07) is 9.15. The van der Waals surface area contributed by atoms with E-state index in [0.717, 1.165) is 31.7 Å². The Morgan fingerprint density at radius 1 is 1.20 bits per heavy atom. The van der Waals surface area contributed by atoms with Gasteiger partial charge in [0.15, 0.2) is 0 Å². The number of fused-ring (bicyclic) bond motifs is 3. The predicted molar refractivity (Wildman–Crippen MR) is 104 cm³/mol. The highest BCUT2D eigenvalue weighted by molar-refractivity contribution is 7.99. The minimum atomic E-state index is 0.446. The number of hydrogen-bond donors (Lipinski definition) is 0. The smallest absolute Gasteiger partial charge is 0.0624 e. The lowest BCUT2D eigenvalue weighted by molar-refractivity contribution is 0.309. The molecule has 1 aromatic carbocycles. The van der Waals surface area contributed by atoms with Crippen LogP contribution in [0, 0.1) is 13.8 Å². The number of pyridine rings is 1. The molecule has 0 saturated carbocycles. The van der Waals surface area contributed by atoms with Gasteiger partial charge in [-0.1, -0.05) is 6.07 Å². The molecule has 0 saturated heterocycles. The fraction of sp³-hybridized carbons (Fsp3) is 0.381. The Bertz CT molecular complexity index is 971. The Morgan fingerprint density at radius 3 is 2.88 bits per heavy atom. The van der Waals surface area contributed by atoms with E-state index in [1.807, 2.05) is 11.8 Å². The van der Waals surface area contributed by atoms with Gasteiger partial charge in [-0.15, -0.1) is 11.8 Å². The van der Waals surface area contributed by atoms with Gasteiger partial charge in [0.25, 0.3) is 0 Å². The lowest BCUT2D eigenvalue weighted by Gasteiger charge is -2.28. The first-order chi connectivity index (χ1) is 12.1. The molecule has 0 amide bonds. The maximum absolute atomic E-state index is 4.53. The molecule has 25 heavy (non-hydrogen) atoms. The number of hydrogen-bond acceptors (Lipinski definition) is 3. The maximum Gasteiger partial charge on any atom is 0.0624 e. The largest absolute Gasteiger partial charge is 0.342 e. The van der Waals surface area contributed by atoms with Crippen molar-refractivity contribution in [2.24, 2.45) is 0 Å². The fourth-order valence-corrected chi connectivity index (χ4v) is 5.70. The van der Waals surface area contributed by atoms with E-state index in [1.165, 1.54) is 26.9 Å². The average molecular weight is 350 g/mol. The second-order valence-corrected chi connectivity index (χ2v) is 8.77. The number of aromatic nitrogens is 2. The zero-order valence-corrected chi connectivity index (χ0v) is 15.9. The molecule has 0 aliphatic carbocycles. The standard InChI is InChI=1S/C21H23N3S/c1-13-8-16-17-11-23(3)7-6-18(17)24-12-20(25-19(9-13)21(16)24)15-5-4-14(2)22-10-15/h4-5,8-10,20H,6-7,11-12H2,1-3H3. The molecule has 0 N–H and O–H groups in total. The molecule has 1 unspecified atom stereocenters. The van der Waals surface area contributed by atoms with Crippen LogP contribution in [0.5, 0.6) is 0 Å². The van der Waals surface area contributed by atoms with Gasteiger partial charge in [0.2, 0.25) is 0 Å². The first kappa shape index (κ1) is 15.5. The molecule has 1 atom stereocenters. The van der Waals surface area contributed by atoms with Crippen molar-refractivity contribution in [3.8, 4) is 0 Å². The Hall–Kier alpha value is -1.78. The summed E-state index contributed by atoms with van der Waals surface area (Å²) in [5.74, 6) is 0. The van der Waals surface area contributed by atoms with Crippen molar-refractivity contribution in [2.75, 3.05) is 13.6 Å². The topological polar surface area (TPSA) is 21.1 Å². The van der Waals surface area contributed by atoms with E-state index in [0.29, 0.717) is 5.25 Å². The monoisotopic (exact) mass is 349 g/mol. The van der Waals surface area contributed by atoms with E-state index in [4.69, 9.17) is 0 Å². The van der Waals surface area contributed by atoms with Crippen molar-refractivity contribution in [1.82, 2.24) is 14.5 Å². The molecular weight excluding hydrogens is 326 g/mol. The molecule has 2 aromatic heterocycles. The second-order valence-electron chi connectivity index (χ2n) is 7.52. The van der Waals surface area contributed by atoms with E-state index in [2.05, 4.69) is 65.8 Å². The first-order valence-electron chi connectivity index (χ1n) is 9.02. The zero-order chi connectivity index (χ0) is 17.1. The highest BCUT2D eigenvalue weighted by atomic mass is 32.2. The molecule has 4 heterocycles. The molecule has 2 aliphatic rings. The Kier molecular flexibility index (Phi) is 3.47. The van der Waals surface area contributed by atoms with Crippen LogP contribution in [0.3, 0.4) is 0 Å². The SMILES string of the molecule is Cc1cc2c3c(c1)c1c(n3CC(c3ccc(C)nc3)S2)CCN(C)C1. The van der Waals surface area contributed by atoms with Crippen molar-refractivity contribution < 1.29 is 0 Å². The highest BCUT2D eigenvalue weighted by Crippen LogP contribution is 2.47. The number of rotatable bonds is 1. The van der Waals surface area contributed by atoms with Crippen LogP contribution in [0.15, 0.2) is 35.4 Å². The molecule has 2 aliphatic heterocycles. The summed E-state index contributed by atoms with van der Waals surface area (Å²) in [6.07, 6.45) is 3.22. The van der Waals surface area contributed by atoms with Crippen LogP contribution < -0.4 is 0 Å². The number of benzene rings is 1. The van der Waals surface area contributed by atoms with E-state index >= 15 is 0 Å². The van der Waals surface area contributed by atoms with Gasteiger partial charge in [-0.3, -0.25) is 4.98 Å². The Labute approximate surface area is 153 Å². The summed E-state index contributed by atoms with van der Waals surface area (Å²) in [4.78, 5) is 8.41. The van der Waals surface area contributed by atoms with Gasteiger partial charge < -0.3 is 9.47 Å². The molecule has 3 aromatic rings. The number of nitrogens with zero attached hydrogens (tertiary/aromatic N) is 3. The second kappa shape index (κ2) is 5.61. The van der Waals surface area contributed by atoms with Gasteiger partial charge in [0.05, 0.1) is 10.8 Å². The van der Waals surface area contributed by atoms with Gasteiger partial charge >= 0.3 is 0 Å². The zero-order valence-electron chi connectivity index (χ0n) is 15.0. The maximum atomic E-state index is 4.53. The fourth-order valence-electron chi connectivity index (χ4n) is 4.31. The van der Waals surface area contributed by atoms with Gasteiger partial charge in [0.1, 0.15) is 0 Å². The van der Waals surface area contributed by atoms with Crippen molar-refractivity contribution in [3.63, 3.8) is 0 Å².